The van der Waals surface area contributed by atoms with Crippen LogP contribution in [0.25, 0.3) is 16.7 Å². The summed E-state index contributed by atoms with van der Waals surface area (Å²) >= 11 is 13.0. The molecule has 2 atom stereocenters. The molecule has 3 aliphatic rings. The Bertz CT molecular complexity index is 1390. The quantitative estimate of drug-likeness (QED) is 0.390. The molecule has 3 aromatic rings. The molecule has 35 heavy (non-hydrogen) atoms. The number of hydrogen-bond acceptors (Lipinski definition) is 2. The van der Waals surface area contributed by atoms with E-state index < -0.39 is 11.6 Å². The molecule has 1 fully saturated rings. The number of hydrogen-bond donors (Lipinski definition) is 2. The van der Waals surface area contributed by atoms with Crippen LogP contribution in [-0.4, -0.2) is 18.1 Å². The van der Waals surface area contributed by atoms with E-state index in [4.69, 9.17) is 23.2 Å². The van der Waals surface area contributed by atoms with E-state index in [1.807, 2.05) is 12.1 Å². The van der Waals surface area contributed by atoms with Crippen LogP contribution in [0.15, 0.2) is 54.6 Å². The van der Waals surface area contributed by atoms with Gasteiger partial charge in [0.15, 0.2) is 0 Å². The fraction of sp³-hybridized carbons (Fsp3) is 0.222. The largest absolute Gasteiger partial charge is 0.333 e. The van der Waals surface area contributed by atoms with Gasteiger partial charge in [-0.2, -0.15) is 0 Å². The van der Waals surface area contributed by atoms with Gasteiger partial charge in [-0.3, -0.25) is 4.90 Å². The lowest BCUT2D eigenvalue weighted by Gasteiger charge is -2.34. The molecule has 4 nitrogen and oxygen atoms in total. The van der Waals surface area contributed by atoms with Gasteiger partial charge in [-0.1, -0.05) is 35.3 Å². The molecule has 2 amide bonds. The number of anilines is 2. The summed E-state index contributed by atoms with van der Waals surface area (Å²) in [5.41, 5.74) is 4.52. The maximum absolute atomic E-state index is 15.0. The van der Waals surface area contributed by atoms with E-state index in [2.05, 4.69) is 16.7 Å². The monoisotopic (exact) mass is 511 g/mol. The Labute approximate surface area is 211 Å². The molecule has 0 aromatic heterocycles. The predicted molar refractivity (Wildman–Crippen MR) is 135 cm³/mol. The van der Waals surface area contributed by atoms with E-state index in [1.54, 1.807) is 18.2 Å². The lowest BCUT2D eigenvalue weighted by Crippen LogP contribution is -2.41. The van der Waals surface area contributed by atoms with Gasteiger partial charge >= 0.3 is 6.03 Å². The zero-order valence-electron chi connectivity index (χ0n) is 18.5. The summed E-state index contributed by atoms with van der Waals surface area (Å²) in [5, 5.41) is 7.08. The van der Waals surface area contributed by atoms with Gasteiger partial charge in [-0.15, -0.1) is 0 Å². The van der Waals surface area contributed by atoms with Gasteiger partial charge in [0.2, 0.25) is 0 Å². The highest BCUT2D eigenvalue weighted by atomic mass is 35.5. The van der Waals surface area contributed by atoms with Gasteiger partial charge in [0.1, 0.15) is 11.6 Å². The molecule has 6 rings (SSSR count). The average molecular weight is 512 g/mol. The molecule has 3 heterocycles. The molecule has 0 aliphatic carbocycles. The summed E-state index contributed by atoms with van der Waals surface area (Å²) in [6.07, 6.45) is 5.21. The lowest BCUT2D eigenvalue weighted by molar-refractivity contribution is 0.247. The van der Waals surface area contributed by atoms with Crippen molar-refractivity contribution in [2.75, 3.05) is 4.90 Å². The van der Waals surface area contributed by atoms with Crippen molar-refractivity contribution in [3.05, 3.63) is 87.4 Å². The second-order valence-corrected chi connectivity index (χ2v) is 9.97. The van der Waals surface area contributed by atoms with E-state index in [1.165, 1.54) is 17.0 Å². The fourth-order valence-corrected chi connectivity index (χ4v) is 5.95. The van der Waals surface area contributed by atoms with Gasteiger partial charge in [-0.25, -0.2) is 13.6 Å². The number of nitrogens with zero attached hydrogens (tertiary/aromatic N) is 1. The normalized spacial score (nSPS) is 21.0. The molecule has 0 spiro atoms. The molecule has 1 saturated heterocycles. The smallest absolute Gasteiger partial charge is 0.326 e. The van der Waals surface area contributed by atoms with Crippen LogP contribution in [0.1, 0.15) is 30.4 Å². The molecule has 0 radical (unpaired) electrons. The Morgan fingerprint density at radius 3 is 2.51 bits per heavy atom. The summed E-state index contributed by atoms with van der Waals surface area (Å²) in [5.74, 6) is -1.31. The van der Waals surface area contributed by atoms with Gasteiger partial charge in [-0.05, 0) is 72.4 Å². The van der Waals surface area contributed by atoms with Crippen LogP contribution in [0.3, 0.4) is 0 Å². The summed E-state index contributed by atoms with van der Waals surface area (Å²) in [4.78, 5) is 14.6. The Kier molecular flexibility index (Phi) is 5.55. The van der Waals surface area contributed by atoms with Crippen molar-refractivity contribution >= 4 is 46.2 Å². The first-order valence-corrected chi connectivity index (χ1v) is 12.3. The molecule has 8 heteroatoms. The number of amides is 2. The third kappa shape index (κ3) is 3.90. The first-order valence-electron chi connectivity index (χ1n) is 11.5. The van der Waals surface area contributed by atoms with E-state index in [-0.39, 0.29) is 18.1 Å². The number of urea groups is 1. The maximum atomic E-state index is 15.0. The molecular weight excluding hydrogens is 491 g/mol. The van der Waals surface area contributed by atoms with E-state index in [0.29, 0.717) is 44.6 Å². The molecule has 178 valence electrons. The van der Waals surface area contributed by atoms with Crippen LogP contribution in [-0.2, 0) is 6.54 Å². The van der Waals surface area contributed by atoms with Gasteiger partial charge < -0.3 is 10.6 Å². The number of benzene rings is 3. The summed E-state index contributed by atoms with van der Waals surface area (Å²) in [6, 6.07) is 12.8. The van der Waals surface area contributed by atoms with Crippen molar-refractivity contribution in [3.8, 4) is 11.1 Å². The van der Waals surface area contributed by atoms with Crippen molar-refractivity contribution in [2.45, 2.75) is 37.9 Å². The number of rotatable bonds is 3. The highest BCUT2D eigenvalue weighted by Gasteiger charge is 2.33. The minimum absolute atomic E-state index is 0.186. The number of nitrogens with one attached hydrogen (secondary N) is 2. The van der Waals surface area contributed by atoms with Gasteiger partial charge in [0, 0.05) is 35.8 Å². The summed E-state index contributed by atoms with van der Waals surface area (Å²) in [7, 11) is 0. The van der Waals surface area contributed by atoms with E-state index in [0.717, 1.165) is 36.5 Å². The number of fused-ring (bicyclic) bond motifs is 3. The number of halogens is 4. The fourth-order valence-electron chi connectivity index (χ4n) is 5.39. The average Bonchev–Trinajstić information content (AvgIpc) is 3.17. The lowest BCUT2D eigenvalue weighted by atomic mass is 9.88. The topological polar surface area (TPSA) is 44.4 Å². The second kappa shape index (κ2) is 8.63. The van der Waals surface area contributed by atoms with Crippen LogP contribution < -0.4 is 15.5 Å². The zero-order valence-corrected chi connectivity index (χ0v) is 20.1. The van der Waals surface area contributed by atoms with Crippen molar-refractivity contribution < 1.29 is 13.6 Å². The first-order chi connectivity index (χ1) is 16.9. The first kappa shape index (κ1) is 22.5. The number of carbonyl (C=O) groups excluding carboxylic acids is 1. The molecule has 2 unspecified atom stereocenters. The van der Waals surface area contributed by atoms with E-state index in [9.17, 15) is 9.18 Å². The minimum atomic E-state index is -0.664. The van der Waals surface area contributed by atoms with E-state index >= 15 is 4.39 Å². The molecular formula is C27H21Cl2F2N3O. The Morgan fingerprint density at radius 1 is 0.971 bits per heavy atom. The van der Waals surface area contributed by atoms with Gasteiger partial charge in [0.25, 0.3) is 0 Å². The summed E-state index contributed by atoms with van der Waals surface area (Å²) < 4.78 is 28.8. The van der Waals surface area contributed by atoms with Crippen molar-refractivity contribution in [1.82, 2.24) is 10.6 Å². The minimum Gasteiger partial charge on any atom is -0.333 e. The number of para-hydroxylation sites is 1. The van der Waals surface area contributed by atoms with Gasteiger partial charge in [0.05, 0.1) is 21.4 Å². The van der Waals surface area contributed by atoms with Crippen molar-refractivity contribution in [1.29, 1.82) is 0 Å². The van der Waals surface area contributed by atoms with Crippen LogP contribution >= 0.6 is 23.2 Å². The zero-order chi connectivity index (χ0) is 24.3. The number of carbonyl (C=O) groups is 1. The Hall–Kier alpha value is -2.93. The van der Waals surface area contributed by atoms with Crippen LogP contribution in [0.5, 0.6) is 0 Å². The van der Waals surface area contributed by atoms with Crippen LogP contribution in [0.4, 0.5) is 25.0 Å². The Morgan fingerprint density at radius 2 is 1.77 bits per heavy atom. The Balaban J connectivity index is 1.61. The third-order valence-corrected chi connectivity index (χ3v) is 7.59. The molecule has 0 saturated carbocycles. The van der Waals surface area contributed by atoms with Crippen LogP contribution in [0.2, 0.25) is 10.0 Å². The highest BCUT2D eigenvalue weighted by molar-refractivity contribution is 6.40. The van der Waals surface area contributed by atoms with Crippen molar-refractivity contribution in [3.63, 3.8) is 0 Å². The second-order valence-electron chi connectivity index (χ2n) is 9.15. The molecule has 2 bridgehead atoms. The maximum Gasteiger partial charge on any atom is 0.326 e. The molecule has 3 aliphatic heterocycles. The third-order valence-electron chi connectivity index (χ3n) is 6.98. The van der Waals surface area contributed by atoms with Crippen LogP contribution in [0, 0.1) is 11.6 Å². The van der Waals surface area contributed by atoms with Crippen molar-refractivity contribution in [2.24, 2.45) is 0 Å². The SMILES string of the molecule is O=C1NCc2c(-c3ccc(F)cc3F)cc(C3=CC4CCC(C3)N4)cc2N1c1c(Cl)cccc1Cl. The highest BCUT2D eigenvalue weighted by Crippen LogP contribution is 2.46. The standard InChI is InChI=1S/C27H21Cl2F2N3O/c28-22-2-1-3-23(29)26(22)34-25-11-15(14-8-17-5-6-18(9-14)33-17)10-20(21(25)13-32-27(34)35)19-7-4-16(30)12-24(19)31/h1-4,7-8,10-12,17-18,33H,5-6,9,13H2,(H,32,35). The molecule has 3 aromatic carbocycles. The summed E-state index contributed by atoms with van der Waals surface area (Å²) in [6.45, 7) is 0.186. The predicted octanol–water partition coefficient (Wildman–Crippen LogP) is 7.21. The molecule has 2 N–H and O–H groups in total.